The fourth-order valence-corrected chi connectivity index (χ4v) is 1.96. The molecule has 2 nitrogen and oxygen atoms in total. The molecule has 1 aromatic rings. The quantitative estimate of drug-likeness (QED) is 0.260. The smallest absolute Gasteiger partial charge is 0.380 e. The van der Waals surface area contributed by atoms with E-state index in [1.807, 2.05) is 46.8 Å². The predicted octanol–water partition coefficient (Wildman–Crippen LogP) is 6.23. The Morgan fingerprint density at radius 3 is 2.42 bits per heavy atom. The minimum absolute atomic E-state index is 0. The van der Waals surface area contributed by atoms with Gasteiger partial charge in [-0.1, -0.05) is 52.1 Å². The minimum Gasteiger partial charge on any atom is -0.380 e. The number of hydrogen-bond donors (Lipinski definition) is 0. The molecule has 0 atom stereocenters. The van der Waals surface area contributed by atoms with Crippen LogP contribution in [0.3, 0.4) is 0 Å². The molecule has 1 aliphatic carbocycles. The van der Waals surface area contributed by atoms with E-state index >= 15 is 0 Å². The summed E-state index contributed by atoms with van der Waals surface area (Å²) in [6, 6.07) is 1.88. The molecule has 0 N–H and O–H groups in total. The fraction of sp³-hybridized carbons (Fsp3) is 0.400. The molecule has 0 radical (unpaired) electrons. The van der Waals surface area contributed by atoms with Gasteiger partial charge in [0.2, 0.25) is 0 Å². The van der Waals surface area contributed by atoms with Crippen molar-refractivity contribution in [2.24, 2.45) is 10.9 Å². The third kappa shape index (κ3) is 8.75. The van der Waals surface area contributed by atoms with Crippen molar-refractivity contribution < 1.29 is 21.1 Å². The van der Waals surface area contributed by atoms with Crippen LogP contribution in [0.4, 0.5) is 0 Å². The maximum absolute atomic E-state index is 5.85. The summed E-state index contributed by atoms with van der Waals surface area (Å²) in [4.78, 5) is 8.60. The average molecular weight is 515 g/mol. The van der Waals surface area contributed by atoms with Gasteiger partial charge in [0, 0.05) is 16.6 Å². The van der Waals surface area contributed by atoms with Gasteiger partial charge in [-0.25, -0.2) is 0 Å². The topological polar surface area (TPSA) is 25.2 Å². The van der Waals surface area contributed by atoms with E-state index < -0.39 is 0 Å². The van der Waals surface area contributed by atoms with Crippen LogP contribution in [-0.2, 0) is 21.1 Å². The summed E-state index contributed by atoms with van der Waals surface area (Å²) in [5, 5.41) is 0.505. The number of aromatic nitrogens is 1. The van der Waals surface area contributed by atoms with Crippen molar-refractivity contribution in [2.75, 3.05) is 0 Å². The maximum atomic E-state index is 5.85. The van der Waals surface area contributed by atoms with E-state index in [-0.39, 0.29) is 21.1 Å². The molecule has 0 bridgehead atoms. The molecule has 1 heterocycles. The summed E-state index contributed by atoms with van der Waals surface area (Å²) < 4.78 is 0. The predicted molar refractivity (Wildman–Crippen MR) is 103 cm³/mol. The Labute approximate surface area is 167 Å². The number of halogens is 1. The molecule has 0 amide bonds. The second kappa shape index (κ2) is 14.4. The zero-order valence-electron chi connectivity index (χ0n) is 15.3. The van der Waals surface area contributed by atoms with Gasteiger partial charge >= 0.3 is 21.1 Å². The van der Waals surface area contributed by atoms with Crippen molar-refractivity contribution in [2.45, 2.75) is 47.5 Å². The second-order valence-electron chi connectivity index (χ2n) is 4.54. The summed E-state index contributed by atoms with van der Waals surface area (Å²) in [6.45, 7) is 19.2. The third-order valence-corrected chi connectivity index (χ3v) is 3.05. The standard InChI is InChI=1S/C16H15ClN2.2C2H6.W/c1-4-13-10-18-8-7-15(13)12(3)19-16(9-11(2)17)14-5-6-14;2*1-2;/h1,4,7-9,14H,2,5-6H2,3H3;2*1-2H3;/q-2;;;+2/b16-9-,19-12?;;;. The summed E-state index contributed by atoms with van der Waals surface area (Å²) in [7, 11) is 0. The first kappa shape index (κ1) is 25.3. The van der Waals surface area contributed by atoms with Crippen LogP contribution in [0.5, 0.6) is 0 Å². The van der Waals surface area contributed by atoms with Crippen molar-refractivity contribution in [1.29, 1.82) is 0 Å². The molecule has 1 saturated carbocycles. The van der Waals surface area contributed by atoms with Crippen molar-refractivity contribution in [3.05, 3.63) is 59.6 Å². The molecule has 0 aromatic carbocycles. The van der Waals surface area contributed by atoms with E-state index in [4.69, 9.17) is 18.2 Å². The summed E-state index contributed by atoms with van der Waals surface area (Å²) >= 11 is 5.85. The molecule has 24 heavy (non-hydrogen) atoms. The van der Waals surface area contributed by atoms with Crippen LogP contribution in [0.2, 0.25) is 0 Å². The van der Waals surface area contributed by atoms with Gasteiger partial charge in [-0.2, -0.15) is 5.56 Å². The van der Waals surface area contributed by atoms with E-state index in [9.17, 15) is 0 Å². The largest absolute Gasteiger partial charge is 2.00 e. The van der Waals surface area contributed by atoms with Crippen molar-refractivity contribution in [1.82, 2.24) is 4.98 Å². The van der Waals surface area contributed by atoms with Crippen LogP contribution in [0, 0.1) is 18.7 Å². The Hall–Kier alpha value is -0.982. The van der Waals surface area contributed by atoms with E-state index in [1.54, 1.807) is 6.20 Å². The van der Waals surface area contributed by atoms with Gasteiger partial charge in [0.1, 0.15) is 0 Å². The van der Waals surface area contributed by atoms with Crippen molar-refractivity contribution >= 4 is 23.4 Å². The van der Waals surface area contributed by atoms with Gasteiger partial charge in [-0.3, -0.25) is 10.6 Å². The van der Waals surface area contributed by atoms with Crippen LogP contribution < -0.4 is 0 Å². The van der Waals surface area contributed by atoms with E-state index in [1.165, 1.54) is 6.08 Å². The van der Waals surface area contributed by atoms with Crippen LogP contribution in [0.25, 0.3) is 6.08 Å². The third-order valence-electron chi connectivity index (χ3n) is 2.94. The summed E-state index contributed by atoms with van der Waals surface area (Å²) in [6.07, 6.45) is 10.2. The first-order valence-corrected chi connectivity index (χ1v) is 8.53. The second-order valence-corrected chi connectivity index (χ2v) is 5.02. The van der Waals surface area contributed by atoms with E-state index in [0.29, 0.717) is 11.0 Å². The number of hydrogen-bond acceptors (Lipinski definition) is 2. The number of allylic oxidation sites excluding steroid dienone is 3. The number of nitrogens with zero attached hydrogens (tertiary/aromatic N) is 2. The molecule has 0 aliphatic heterocycles. The van der Waals surface area contributed by atoms with Crippen molar-refractivity contribution in [3.63, 3.8) is 0 Å². The molecule has 0 saturated heterocycles. The van der Waals surface area contributed by atoms with Gasteiger partial charge in [0.25, 0.3) is 0 Å². The number of pyridine rings is 1. The van der Waals surface area contributed by atoms with Gasteiger partial charge in [-0.15, -0.1) is 12.3 Å². The first-order chi connectivity index (χ1) is 11.1. The van der Waals surface area contributed by atoms with Gasteiger partial charge in [0.15, 0.2) is 0 Å². The SMILES string of the molecule is CC.CC.[CH-]=Cc1[c-]nccc1C(C)=N/C(=C\C(=C)Cl)C1CC1.[W+2]. The molecule has 0 spiro atoms. The van der Waals surface area contributed by atoms with Gasteiger partial charge in [0.05, 0.1) is 0 Å². The van der Waals surface area contributed by atoms with Crippen LogP contribution in [0.15, 0.2) is 40.6 Å². The zero-order valence-corrected chi connectivity index (χ0v) is 19.0. The van der Waals surface area contributed by atoms with Crippen LogP contribution in [-0.4, -0.2) is 10.7 Å². The molecule has 4 heteroatoms. The zero-order chi connectivity index (χ0) is 17.8. The van der Waals surface area contributed by atoms with Crippen molar-refractivity contribution in [3.8, 4) is 0 Å². The van der Waals surface area contributed by atoms with E-state index in [2.05, 4.69) is 22.8 Å². The maximum Gasteiger partial charge on any atom is 2.00 e. The molecule has 1 fully saturated rings. The van der Waals surface area contributed by atoms with Gasteiger partial charge in [-0.05, 0) is 31.6 Å². The molecule has 0 unspecified atom stereocenters. The van der Waals surface area contributed by atoms with E-state index in [0.717, 1.165) is 35.4 Å². The Morgan fingerprint density at radius 2 is 1.96 bits per heavy atom. The molecule has 1 aliphatic rings. The molecular weight excluding hydrogens is 488 g/mol. The number of aliphatic imine (C=N–C) groups is 1. The van der Waals surface area contributed by atoms with Crippen LogP contribution in [0.1, 0.15) is 58.6 Å². The Kier molecular flexibility index (Phi) is 15.1. The normalized spacial score (nSPS) is 13.4. The Morgan fingerprint density at radius 1 is 1.38 bits per heavy atom. The fourth-order valence-electron chi connectivity index (χ4n) is 1.85. The average Bonchev–Trinajstić information content (AvgIpc) is 3.42. The molecular formula is C20H27ClN2W. The van der Waals surface area contributed by atoms with Crippen LogP contribution >= 0.6 is 11.6 Å². The molecule has 130 valence electrons. The number of rotatable bonds is 5. The molecule has 2 rings (SSSR count). The summed E-state index contributed by atoms with van der Waals surface area (Å²) in [5.74, 6) is 0.501. The molecule has 1 aromatic heterocycles. The first-order valence-electron chi connectivity index (χ1n) is 8.15. The Bertz CT molecular complexity index is 573. The minimum atomic E-state index is 0. The monoisotopic (exact) mass is 514 g/mol. The Balaban J connectivity index is 0. The van der Waals surface area contributed by atoms with Gasteiger partial charge < -0.3 is 17.6 Å². The summed E-state index contributed by atoms with van der Waals surface area (Å²) in [5.41, 5.74) is 3.55.